The predicted octanol–water partition coefficient (Wildman–Crippen LogP) is 3.38. The summed E-state index contributed by atoms with van der Waals surface area (Å²) in [5.41, 5.74) is 1.52. The van der Waals surface area contributed by atoms with E-state index in [1.165, 1.54) is 18.4 Å². The maximum Gasteiger partial charge on any atom is 0.261 e. The lowest BCUT2D eigenvalue weighted by molar-refractivity contribution is -0.115. The molecule has 8 heteroatoms. The van der Waals surface area contributed by atoms with E-state index >= 15 is 0 Å². The molecule has 29 heavy (non-hydrogen) atoms. The molecule has 0 aliphatic heterocycles. The second-order valence-electron chi connectivity index (χ2n) is 5.94. The van der Waals surface area contributed by atoms with E-state index in [0.29, 0.717) is 27.6 Å². The van der Waals surface area contributed by atoms with Gasteiger partial charge in [0.15, 0.2) is 0 Å². The number of nitrogens with one attached hydrogen (secondary N) is 3. The monoisotopic (exact) mass is 409 g/mol. The molecule has 3 rings (SSSR count). The third-order valence-corrected chi connectivity index (χ3v) is 4.81. The van der Waals surface area contributed by atoms with Crippen LogP contribution in [0.5, 0.6) is 5.75 Å². The van der Waals surface area contributed by atoms with Gasteiger partial charge in [-0.3, -0.25) is 14.4 Å². The maximum atomic E-state index is 12.4. The zero-order valence-electron chi connectivity index (χ0n) is 15.6. The van der Waals surface area contributed by atoms with Gasteiger partial charge < -0.3 is 20.7 Å². The fraction of sp³-hybridized carbons (Fsp3) is 0.0952. The van der Waals surface area contributed by atoms with E-state index in [-0.39, 0.29) is 24.3 Å². The van der Waals surface area contributed by atoms with Gasteiger partial charge in [0, 0.05) is 11.3 Å². The van der Waals surface area contributed by atoms with Gasteiger partial charge >= 0.3 is 0 Å². The number of carbonyl (C=O) groups excluding carboxylic acids is 3. The molecule has 0 saturated carbocycles. The average Bonchev–Trinajstić information content (AvgIpc) is 3.28. The van der Waals surface area contributed by atoms with Crippen LogP contribution >= 0.6 is 11.3 Å². The van der Waals surface area contributed by atoms with Gasteiger partial charge in [-0.1, -0.05) is 18.2 Å². The summed E-state index contributed by atoms with van der Waals surface area (Å²) >= 11 is 1.30. The van der Waals surface area contributed by atoms with E-state index in [1.807, 2.05) is 6.07 Å². The Morgan fingerprint density at radius 3 is 2.34 bits per heavy atom. The highest BCUT2D eigenvalue weighted by Crippen LogP contribution is 2.23. The first-order valence-corrected chi connectivity index (χ1v) is 9.61. The number of para-hydroxylation sites is 2. The van der Waals surface area contributed by atoms with Gasteiger partial charge in [-0.15, -0.1) is 11.3 Å². The Kier molecular flexibility index (Phi) is 6.59. The summed E-state index contributed by atoms with van der Waals surface area (Å²) in [5, 5.41) is 9.81. The van der Waals surface area contributed by atoms with Crippen LogP contribution in [0.15, 0.2) is 66.0 Å². The van der Waals surface area contributed by atoms with Crippen LogP contribution < -0.4 is 20.7 Å². The Bertz CT molecular complexity index is 1000. The number of rotatable bonds is 7. The molecule has 0 unspecified atom stereocenters. The quantitative estimate of drug-likeness (QED) is 0.557. The lowest BCUT2D eigenvalue weighted by Gasteiger charge is -2.10. The normalized spacial score (nSPS) is 10.1. The molecule has 2 aromatic carbocycles. The third-order valence-electron chi connectivity index (χ3n) is 3.94. The fourth-order valence-electron chi connectivity index (χ4n) is 2.51. The maximum absolute atomic E-state index is 12.4. The third kappa shape index (κ3) is 5.43. The number of benzene rings is 2. The van der Waals surface area contributed by atoms with Crippen LogP contribution in [0.25, 0.3) is 0 Å². The number of methoxy groups -OCH3 is 1. The van der Waals surface area contributed by atoms with Crippen molar-refractivity contribution in [3.8, 4) is 5.75 Å². The standard InChI is InChI=1S/C21H19N3O4S/c1-28-17-6-3-2-5-16(17)24-20(26)14-8-10-15(11-9-14)23-19(25)13-22-21(27)18-7-4-12-29-18/h2-12H,13H2,1H3,(H,22,27)(H,23,25)(H,24,26). The van der Waals surface area contributed by atoms with Gasteiger partial charge in [0.1, 0.15) is 5.75 Å². The minimum atomic E-state index is -0.360. The van der Waals surface area contributed by atoms with Crippen LogP contribution in [0, 0.1) is 0 Å². The SMILES string of the molecule is COc1ccccc1NC(=O)c1ccc(NC(=O)CNC(=O)c2cccs2)cc1. The zero-order valence-corrected chi connectivity index (χ0v) is 16.4. The van der Waals surface area contributed by atoms with Crippen LogP contribution in [-0.2, 0) is 4.79 Å². The van der Waals surface area contributed by atoms with Crippen LogP contribution in [0.2, 0.25) is 0 Å². The van der Waals surface area contributed by atoms with Crippen LogP contribution in [0.3, 0.4) is 0 Å². The molecule has 0 fully saturated rings. The minimum Gasteiger partial charge on any atom is -0.495 e. The molecule has 3 aromatic rings. The highest BCUT2D eigenvalue weighted by molar-refractivity contribution is 7.12. The number of anilines is 2. The molecule has 7 nitrogen and oxygen atoms in total. The van der Waals surface area contributed by atoms with Gasteiger partial charge in [0.2, 0.25) is 5.91 Å². The molecular weight excluding hydrogens is 390 g/mol. The summed E-state index contributed by atoms with van der Waals surface area (Å²) in [6.45, 7) is -0.146. The summed E-state index contributed by atoms with van der Waals surface area (Å²) in [6.07, 6.45) is 0. The molecule has 0 radical (unpaired) electrons. The van der Waals surface area contributed by atoms with Crippen LogP contribution in [-0.4, -0.2) is 31.4 Å². The molecule has 0 atom stereocenters. The van der Waals surface area contributed by atoms with E-state index in [0.717, 1.165) is 0 Å². The number of hydrogen-bond donors (Lipinski definition) is 3. The Morgan fingerprint density at radius 2 is 1.66 bits per heavy atom. The number of ether oxygens (including phenoxy) is 1. The summed E-state index contributed by atoms with van der Waals surface area (Å²) < 4.78 is 5.22. The van der Waals surface area contributed by atoms with Crippen molar-refractivity contribution < 1.29 is 19.1 Å². The van der Waals surface area contributed by atoms with E-state index < -0.39 is 0 Å². The molecule has 0 aliphatic rings. The first-order chi connectivity index (χ1) is 14.1. The van der Waals surface area contributed by atoms with Gasteiger partial charge in [-0.05, 0) is 47.8 Å². The molecule has 0 saturated heterocycles. The number of hydrogen-bond acceptors (Lipinski definition) is 5. The Hall–Kier alpha value is -3.65. The van der Waals surface area contributed by atoms with Crippen LogP contribution in [0.4, 0.5) is 11.4 Å². The van der Waals surface area contributed by atoms with Crippen molar-refractivity contribution >= 4 is 40.4 Å². The predicted molar refractivity (Wildman–Crippen MR) is 113 cm³/mol. The summed E-state index contributed by atoms with van der Waals surface area (Å²) in [6, 6.07) is 17.0. The highest BCUT2D eigenvalue weighted by Gasteiger charge is 2.11. The highest BCUT2D eigenvalue weighted by atomic mass is 32.1. The summed E-state index contributed by atoms with van der Waals surface area (Å²) in [7, 11) is 1.53. The number of amides is 3. The molecule has 0 aliphatic carbocycles. The van der Waals surface area contributed by atoms with E-state index in [4.69, 9.17) is 4.74 Å². The molecule has 0 spiro atoms. The topological polar surface area (TPSA) is 96.5 Å². The fourth-order valence-corrected chi connectivity index (χ4v) is 3.15. The van der Waals surface area contributed by atoms with Gasteiger partial charge in [-0.25, -0.2) is 0 Å². The van der Waals surface area contributed by atoms with Crippen molar-refractivity contribution in [2.75, 3.05) is 24.3 Å². The van der Waals surface area contributed by atoms with Crippen molar-refractivity contribution in [1.29, 1.82) is 0 Å². The number of carbonyl (C=O) groups is 3. The molecule has 3 N–H and O–H groups in total. The molecule has 148 valence electrons. The minimum absolute atomic E-state index is 0.146. The van der Waals surface area contributed by atoms with E-state index in [2.05, 4.69) is 16.0 Å². The number of thiophene rings is 1. The smallest absolute Gasteiger partial charge is 0.261 e. The molecular formula is C21H19N3O4S. The Morgan fingerprint density at radius 1 is 0.897 bits per heavy atom. The van der Waals surface area contributed by atoms with Gasteiger partial charge in [-0.2, -0.15) is 0 Å². The van der Waals surface area contributed by atoms with Crippen molar-refractivity contribution in [1.82, 2.24) is 5.32 Å². The largest absolute Gasteiger partial charge is 0.495 e. The first-order valence-electron chi connectivity index (χ1n) is 8.73. The summed E-state index contributed by atoms with van der Waals surface area (Å²) in [5.74, 6) is -0.385. The van der Waals surface area contributed by atoms with Crippen molar-refractivity contribution in [3.63, 3.8) is 0 Å². The molecule has 3 amide bonds. The second kappa shape index (κ2) is 9.52. The molecule has 1 aromatic heterocycles. The average molecular weight is 409 g/mol. The zero-order chi connectivity index (χ0) is 20.6. The van der Waals surface area contributed by atoms with Crippen LogP contribution in [0.1, 0.15) is 20.0 Å². The van der Waals surface area contributed by atoms with Gasteiger partial charge in [0.05, 0.1) is 24.2 Å². The van der Waals surface area contributed by atoms with Crippen molar-refractivity contribution in [3.05, 3.63) is 76.5 Å². The van der Waals surface area contributed by atoms with Crippen molar-refractivity contribution in [2.45, 2.75) is 0 Å². The molecule has 1 heterocycles. The van der Waals surface area contributed by atoms with Crippen molar-refractivity contribution in [2.24, 2.45) is 0 Å². The first kappa shape index (κ1) is 20.1. The van der Waals surface area contributed by atoms with E-state index in [9.17, 15) is 14.4 Å². The Labute approximate surface area is 171 Å². The van der Waals surface area contributed by atoms with Gasteiger partial charge in [0.25, 0.3) is 11.8 Å². The Balaban J connectivity index is 1.53. The lowest BCUT2D eigenvalue weighted by atomic mass is 10.2. The lowest BCUT2D eigenvalue weighted by Crippen LogP contribution is -2.32. The summed E-state index contributed by atoms with van der Waals surface area (Å²) in [4.78, 5) is 36.8. The second-order valence-corrected chi connectivity index (χ2v) is 6.89. The molecule has 0 bridgehead atoms. The van der Waals surface area contributed by atoms with E-state index in [1.54, 1.807) is 60.0 Å².